The Morgan fingerprint density at radius 1 is 1.14 bits per heavy atom. The van der Waals surface area contributed by atoms with Gasteiger partial charge in [-0.3, -0.25) is 14.9 Å². The van der Waals surface area contributed by atoms with E-state index in [0.29, 0.717) is 17.2 Å². The molecule has 2 aromatic rings. The van der Waals surface area contributed by atoms with E-state index < -0.39 is 4.92 Å². The highest BCUT2D eigenvalue weighted by atomic mass is 32.2. The van der Waals surface area contributed by atoms with Crippen LogP contribution in [0.2, 0.25) is 0 Å². The number of nitro groups is 1. The smallest absolute Gasteiger partial charge is 0.269 e. The van der Waals surface area contributed by atoms with Gasteiger partial charge in [-0.15, -0.1) is 5.10 Å². The second kappa shape index (κ2) is 9.97. The molecule has 0 spiro atoms. The zero-order valence-corrected chi connectivity index (χ0v) is 16.9. The van der Waals surface area contributed by atoms with Gasteiger partial charge in [0.25, 0.3) is 5.69 Å². The van der Waals surface area contributed by atoms with Crippen molar-refractivity contribution in [1.82, 2.24) is 5.32 Å². The van der Waals surface area contributed by atoms with Gasteiger partial charge >= 0.3 is 0 Å². The molecule has 1 N–H and O–H groups in total. The Bertz CT molecular complexity index is 924. The molecule has 1 atom stereocenters. The number of rotatable bonds is 8. The number of carbonyl (C=O) groups excluding carboxylic acids is 1. The fourth-order valence-electron chi connectivity index (χ4n) is 2.85. The fourth-order valence-corrected chi connectivity index (χ4v) is 3.82. The van der Waals surface area contributed by atoms with Crippen LogP contribution in [0.3, 0.4) is 0 Å². The number of carbonyl (C=O) groups is 1. The molecule has 0 bridgehead atoms. The van der Waals surface area contributed by atoms with Gasteiger partial charge in [0.1, 0.15) is 0 Å². The van der Waals surface area contributed by atoms with Crippen molar-refractivity contribution in [3.63, 3.8) is 0 Å². The molecule has 1 amide bonds. The molecule has 29 heavy (non-hydrogen) atoms. The highest BCUT2D eigenvalue weighted by Crippen LogP contribution is 2.23. The first kappa shape index (κ1) is 20.7. The Morgan fingerprint density at radius 3 is 2.48 bits per heavy atom. The van der Waals surface area contributed by atoms with Gasteiger partial charge in [-0.25, -0.2) is 0 Å². The number of hydrogen-bond donors (Lipinski definition) is 1. The average molecular weight is 410 g/mol. The van der Waals surface area contributed by atoms with Crippen LogP contribution in [0.4, 0.5) is 5.69 Å². The molecule has 1 heterocycles. The summed E-state index contributed by atoms with van der Waals surface area (Å²) >= 11 is 1.36. The highest BCUT2D eigenvalue weighted by molar-refractivity contribution is 8.15. The summed E-state index contributed by atoms with van der Waals surface area (Å²) in [5.41, 5.74) is 3.15. The van der Waals surface area contributed by atoms with E-state index in [1.807, 2.05) is 0 Å². The second-order valence-corrected chi connectivity index (χ2v) is 7.91. The summed E-state index contributed by atoms with van der Waals surface area (Å²) < 4.78 is 0. The number of unbranched alkanes of at least 4 members (excludes halogenated alkanes) is 1. The normalized spacial score (nSPS) is 17.8. The number of amides is 1. The molecule has 7 nitrogen and oxygen atoms in total. The van der Waals surface area contributed by atoms with Gasteiger partial charge in [0.05, 0.1) is 16.4 Å². The van der Waals surface area contributed by atoms with E-state index in [2.05, 4.69) is 46.7 Å². The van der Waals surface area contributed by atoms with Gasteiger partial charge in [0.2, 0.25) is 5.91 Å². The van der Waals surface area contributed by atoms with E-state index in [4.69, 9.17) is 0 Å². The van der Waals surface area contributed by atoms with Gasteiger partial charge in [-0.05, 0) is 48.1 Å². The minimum atomic E-state index is -0.454. The topological polar surface area (TPSA) is 97.0 Å². The first-order valence-electron chi connectivity index (χ1n) is 9.46. The van der Waals surface area contributed by atoms with Crippen molar-refractivity contribution in [2.75, 3.05) is 0 Å². The van der Waals surface area contributed by atoms with Crippen molar-refractivity contribution in [3.8, 4) is 0 Å². The molecule has 0 aliphatic carbocycles. The summed E-state index contributed by atoms with van der Waals surface area (Å²) in [5, 5.41) is 21.6. The number of non-ortho nitro benzene ring substituents is 1. The minimum absolute atomic E-state index is 0.0216. The summed E-state index contributed by atoms with van der Waals surface area (Å²) in [7, 11) is 0. The van der Waals surface area contributed by atoms with Crippen LogP contribution in [0, 0.1) is 10.1 Å². The lowest BCUT2D eigenvalue weighted by molar-refractivity contribution is -0.384. The van der Waals surface area contributed by atoms with E-state index in [1.165, 1.54) is 48.5 Å². The quantitative estimate of drug-likeness (QED) is 0.402. The van der Waals surface area contributed by atoms with Crippen LogP contribution in [-0.2, 0) is 17.6 Å². The fraction of sp³-hybridized carbons (Fsp3) is 0.286. The van der Waals surface area contributed by atoms with E-state index >= 15 is 0 Å². The third kappa shape index (κ3) is 5.99. The molecule has 1 saturated heterocycles. The van der Waals surface area contributed by atoms with Crippen molar-refractivity contribution in [3.05, 3.63) is 75.3 Å². The molecule has 0 aromatic heterocycles. The van der Waals surface area contributed by atoms with Crippen LogP contribution >= 0.6 is 11.8 Å². The van der Waals surface area contributed by atoms with Crippen LogP contribution in [0.5, 0.6) is 0 Å². The van der Waals surface area contributed by atoms with Gasteiger partial charge in [-0.2, -0.15) is 5.10 Å². The van der Waals surface area contributed by atoms with Crippen molar-refractivity contribution in [1.29, 1.82) is 0 Å². The number of benzene rings is 2. The summed E-state index contributed by atoms with van der Waals surface area (Å²) in [5.74, 6) is -0.0747. The number of nitro benzene ring substituents is 1. The second-order valence-electron chi connectivity index (χ2n) is 6.72. The Morgan fingerprint density at radius 2 is 1.83 bits per heavy atom. The maximum absolute atomic E-state index is 12.2. The number of amidine groups is 1. The summed E-state index contributed by atoms with van der Waals surface area (Å²) in [6, 6.07) is 14.4. The average Bonchev–Trinajstić information content (AvgIpc) is 3.07. The molecule has 1 aliphatic heterocycles. The van der Waals surface area contributed by atoms with Gasteiger partial charge in [-0.1, -0.05) is 49.4 Å². The zero-order chi connectivity index (χ0) is 20.6. The van der Waals surface area contributed by atoms with Gasteiger partial charge in [0, 0.05) is 12.1 Å². The van der Waals surface area contributed by atoms with E-state index in [0.717, 1.165) is 12.0 Å². The van der Waals surface area contributed by atoms with Crippen molar-refractivity contribution in [2.45, 2.75) is 37.9 Å². The minimum Gasteiger partial charge on any atom is -0.303 e. The predicted molar refractivity (Wildman–Crippen MR) is 116 cm³/mol. The number of hydrogen-bond acceptors (Lipinski definition) is 6. The molecule has 3 rings (SSSR count). The lowest BCUT2D eigenvalue weighted by Gasteiger charge is -2.06. The molecule has 2 aromatic carbocycles. The largest absolute Gasteiger partial charge is 0.303 e. The summed E-state index contributed by atoms with van der Waals surface area (Å²) in [4.78, 5) is 22.4. The third-order valence-corrected chi connectivity index (χ3v) is 5.57. The highest BCUT2D eigenvalue weighted by Gasteiger charge is 2.30. The van der Waals surface area contributed by atoms with E-state index in [-0.39, 0.29) is 16.8 Å². The molecule has 1 fully saturated rings. The number of aryl methyl sites for hydroxylation is 1. The number of thioether (sulfide) groups is 1. The number of nitrogens with zero attached hydrogens (tertiary/aromatic N) is 3. The SMILES string of the molecule is CCCCc1ccc(C[C@@H]2S/C(=N/N=C\c3ccc([N+](=O)[O-])cc3)NC2=O)cc1. The Labute approximate surface area is 173 Å². The molecule has 1 aliphatic rings. The predicted octanol–water partition coefficient (Wildman–Crippen LogP) is 4.10. The lowest BCUT2D eigenvalue weighted by atomic mass is 10.0. The number of nitrogens with one attached hydrogen (secondary N) is 1. The lowest BCUT2D eigenvalue weighted by Crippen LogP contribution is -2.25. The van der Waals surface area contributed by atoms with E-state index in [9.17, 15) is 14.9 Å². The first-order chi connectivity index (χ1) is 14.0. The maximum atomic E-state index is 12.2. The Hall–Kier alpha value is -3.00. The van der Waals surface area contributed by atoms with Crippen LogP contribution in [0.1, 0.15) is 36.5 Å². The van der Waals surface area contributed by atoms with Gasteiger partial charge in [0.15, 0.2) is 5.17 Å². The first-order valence-corrected chi connectivity index (χ1v) is 10.3. The Kier molecular flexibility index (Phi) is 7.13. The van der Waals surface area contributed by atoms with Crippen molar-refractivity contribution in [2.24, 2.45) is 10.2 Å². The Balaban J connectivity index is 1.55. The summed E-state index contributed by atoms with van der Waals surface area (Å²) in [6.07, 6.45) is 5.57. The molecule has 0 saturated carbocycles. The van der Waals surface area contributed by atoms with E-state index in [1.54, 1.807) is 12.1 Å². The molecule has 0 radical (unpaired) electrons. The zero-order valence-electron chi connectivity index (χ0n) is 16.1. The van der Waals surface area contributed by atoms with Crippen LogP contribution in [0.25, 0.3) is 0 Å². The van der Waals surface area contributed by atoms with Crippen LogP contribution in [-0.4, -0.2) is 27.5 Å². The molecular weight excluding hydrogens is 388 g/mol. The third-order valence-electron chi connectivity index (χ3n) is 4.50. The van der Waals surface area contributed by atoms with Crippen LogP contribution < -0.4 is 5.32 Å². The molecule has 0 unspecified atom stereocenters. The molecule has 8 heteroatoms. The summed E-state index contributed by atoms with van der Waals surface area (Å²) in [6.45, 7) is 2.18. The molecular formula is C21H22N4O3S. The van der Waals surface area contributed by atoms with Crippen LogP contribution in [0.15, 0.2) is 58.7 Å². The monoisotopic (exact) mass is 410 g/mol. The van der Waals surface area contributed by atoms with Crippen molar-refractivity contribution < 1.29 is 9.72 Å². The van der Waals surface area contributed by atoms with Crippen molar-refractivity contribution >= 4 is 34.7 Å². The molecule has 150 valence electrons. The maximum Gasteiger partial charge on any atom is 0.269 e. The standard InChI is InChI=1S/C21H22N4O3S/c1-2-3-4-15-5-7-16(8-6-15)13-19-20(26)23-21(29-19)24-22-14-17-9-11-18(12-10-17)25(27)28/h5-12,14,19H,2-4,13H2,1H3,(H,23,24,26)/b22-14-/t19-/m0/s1. The van der Waals surface area contributed by atoms with Gasteiger partial charge < -0.3 is 5.32 Å².